The molecule has 0 bridgehead atoms. The smallest absolute Gasteiger partial charge is 0.128 e. The summed E-state index contributed by atoms with van der Waals surface area (Å²) >= 11 is 0. The summed E-state index contributed by atoms with van der Waals surface area (Å²) in [6, 6.07) is 3.50. The molecule has 1 rings (SSSR count). The van der Waals surface area contributed by atoms with Crippen molar-refractivity contribution in [2.75, 3.05) is 31.7 Å². The number of hydrogen-bond donors (Lipinski definition) is 2. The van der Waals surface area contributed by atoms with Crippen molar-refractivity contribution in [2.45, 2.75) is 19.9 Å². The van der Waals surface area contributed by atoms with Gasteiger partial charge in [0.1, 0.15) is 5.82 Å². The molecule has 1 aromatic rings. The number of aryl methyl sites for hydroxylation is 1. The van der Waals surface area contributed by atoms with E-state index in [9.17, 15) is 4.39 Å². The molecule has 0 radical (unpaired) electrons. The zero-order valence-corrected chi connectivity index (χ0v) is 10.3. The van der Waals surface area contributed by atoms with Crippen molar-refractivity contribution in [1.29, 1.82) is 0 Å². The lowest BCUT2D eigenvalue weighted by Gasteiger charge is -2.21. The van der Waals surface area contributed by atoms with Gasteiger partial charge in [-0.25, -0.2) is 4.39 Å². The fourth-order valence-electron chi connectivity index (χ4n) is 1.29. The topological polar surface area (TPSA) is 41.3 Å². The average molecular weight is 225 g/mol. The summed E-state index contributed by atoms with van der Waals surface area (Å²) in [6.07, 6.45) is 0. The van der Waals surface area contributed by atoms with Gasteiger partial charge in [0.25, 0.3) is 0 Å². The zero-order valence-electron chi connectivity index (χ0n) is 10.3. The Kier molecular flexibility index (Phi) is 4.12. The molecule has 1 atom stereocenters. The zero-order chi connectivity index (χ0) is 12.3. The number of halogens is 1. The van der Waals surface area contributed by atoms with Gasteiger partial charge in [-0.2, -0.15) is 0 Å². The van der Waals surface area contributed by atoms with Crippen LogP contribution < -0.4 is 11.1 Å². The summed E-state index contributed by atoms with van der Waals surface area (Å²) < 4.78 is 13.2. The molecule has 0 heterocycles. The van der Waals surface area contributed by atoms with E-state index in [1.807, 2.05) is 14.1 Å². The first-order valence-corrected chi connectivity index (χ1v) is 5.37. The van der Waals surface area contributed by atoms with Gasteiger partial charge in [0.15, 0.2) is 0 Å². The minimum absolute atomic E-state index is 0.260. The van der Waals surface area contributed by atoms with Crippen LogP contribution >= 0.6 is 0 Å². The second-order valence-corrected chi connectivity index (χ2v) is 4.38. The predicted molar refractivity (Wildman–Crippen MR) is 67.2 cm³/mol. The molecular weight excluding hydrogens is 205 g/mol. The highest BCUT2D eigenvalue weighted by Crippen LogP contribution is 2.22. The van der Waals surface area contributed by atoms with Gasteiger partial charge in [0.2, 0.25) is 0 Å². The third-order valence-electron chi connectivity index (χ3n) is 2.80. The van der Waals surface area contributed by atoms with E-state index in [1.165, 1.54) is 6.07 Å². The first-order chi connectivity index (χ1) is 7.41. The van der Waals surface area contributed by atoms with E-state index in [0.29, 0.717) is 17.3 Å². The molecule has 16 heavy (non-hydrogen) atoms. The predicted octanol–water partition coefficient (Wildman–Crippen LogP) is 2.08. The van der Waals surface area contributed by atoms with Crippen LogP contribution in [0.4, 0.5) is 15.8 Å². The van der Waals surface area contributed by atoms with Gasteiger partial charge in [-0.15, -0.1) is 0 Å². The van der Waals surface area contributed by atoms with Crippen LogP contribution in [0, 0.1) is 12.7 Å². The van der Waals surface area contributed by atoms with Gasteiger partial charge < -0.3 is 16.0 Å². The minimum Gasteiger partial charge on any atom is -0.397 e. The van der Waals surface area contributed by atoms with Crippen LogP contribution in [0.25, 0.3) is 0 Å². The summed E-state index contributed by atoms with van der Waals surface area (Å²) in [5.41, 5.74) is 7.59. The van der Waals surface area contributed by atoms with E-state index in [0.717, 1.165) is 12.2 Å². The second kappa shape index (κ2) is 5.16. The molecule has 4 heteroatoms. The number of likely N-dealkylation sites (N-methyl/N-ethyl adjacent to an activating group) is 1. The summed E-state index contributed by atoms with van der Waals surface area (Å²) in [6.45, 7) is 4.62. The van der Waals surface area contributed by atoms with Crippen LogP contribution in [0.5, 0.6) is 0 Å². The van der Waals surface area contributed by atoms with Crippen molar-refractivity contribution in [1.82, 2.24) is 4.90 Å². The maximum Gasteiger partial charge on any atom is 0.128 e. The molecule has 3 nitrogen and oxygen atoms in total. The first-order valence-electron chi connectivity index (χ1n) is 5.37. The highest BCUT2D eigenvalue weighted by molar-refractivity contribution is 5.67. The number of rotatable bonds is 4. The summed E-state index contributed by atoms with van der Waals surface area (Å²) in [5.74, 6) is -0.260. The molecule has 0 aliphatic carbocycles. The molecule has 0 aliphatic heterocycles. The van der Waals surface area contributed by atoms with Gasteiger partial charge in [-0.05, 0) is 45.6 Å². The fourth-order valence-corrected chi connectivity index (χ4v) is 1.29. The highest BCUT2D eigenvalue weighted by Gasteiger charge is 2.07. The largest absolute Gasteiger partial charge is 0.397 e. The molecule has 3 N–H and O–H groups in total. The van der Waals surface area contributed by atoms with Crippen molar-refractivity contribution in [3.05, 3.63) is 23.5 Å². The Morgan fingerprint density at radius 3 is 2.62 bits per heavy atom. The number of hydrogen-bond acceptors (Lipinski definition) is 3. The van der Waals surface area contributed by atoms with Gasteiger partial charge in [0.05, 0.1) is 11.4 Å². The molecule has 0 saturated carbocycles. The van der Waals surface area contributed by atoms with Crippen LogP contribution in [0.1, 0.15) is 12.5 Å². The number of nitrogens with zero attached hydrogens (tertiary/aromatic N) is 1. The number of benzene rings is 1. The lowest BCUT2D eigenvalue weighted by atomic mass is 10.1. The molecule has 0 fully saturated rings. The summed E-state index contributed by atoms with van der Waals surface area (Å²) in [7, 11) is 4.04. The Bertz CT molecular complexity index is 364. The van der Waals surface area contributed by atoms with E-state index < -0.39 is 0 Å². The monoisotopic (exact) mass is 225 g/mol. The van der Waals surface area contributed by atoms with Crippen molar-refractivity contribution >= 4 is 11.4 Å². The standard InChI is InChI=1S/C12H20FN3/c1-8-5-12(11(14)6-10(8)13)15-7-9(2)16(3)4/h5-6,9,15H,7,14H2,1-4H3. The Hall–Kier alpha value is -1.29. The Morgan fingerprint density at radius 1 is 1.44 bits per heavy atom. The average Bonchev–Trinajstić information content (AvgIpc) is 2.20. The van der Waals surface area contributed by atoms with Crippen molar-refractivity contribution in [2.24, 2.45) is 0 Å². The number of nitrogens with one attached hydrogen (secondary N) is 1. The van der Waals surface area contributed by atoms with Crippen LogP contribution in [0.3, 0.4) is 0 Å². The van der Waals surface area contributed by atoms with E-state index in [1.54, 1.807) is 13.0 Å². The number of anilines is 2. The lowest BCUT2D eigenvalue weighted by Crippen LogP contribution is -2.31. The van der Waals surface area contributed by atoms with Crippen molar-refractivity contribution < 1.29 is 4.39 Å². The van der Waals surface area contributed by atoms with Crippen molar-refractivity contribution in [3.63, 3.8) is 0 Å². The van der Waals surface area contributed by atoms with Crippen LogP contribution in [-0.4, -0.2) is 31.6 Å². The molecule has 0 saturated heterocycles. The number of nitrogen functional groups attached to an aromatic ring is 1. The molecular formula is C12H20FN3. The molecule has 0 amide bonds. The SMILES string of the molecule is Cc1cc(NCC(C)N(C)C)c(N)cc1F. The van der Waals surface area contributed by atoms with Crippen LogP contribution in [0.15, 0.2) is 12.1 Å². The maximum atomic E-state index is 13.2. The molecule has 1 aromatic carbocycles. The fraction of sp³-hybridized carbons (Fsp3) is 0.500. The molecule has 90 valence electrons. The molecule has 1 unspecified atom stereocenters. The third kappa shape index (κ3) is 3.10. The van der Waals surface area contributed by atoms with Crippen molar-refractivity contribution in [3.8, 4) is 0 Å². The van der Waals surface area contributed by atoms with Gasteiger partial charge >= 0.3 is 0 Å². The normalized spacial score (nSPS) is 12.9. The molecule has 0 spiro atoms. The summed E-state index contributed by atoms with van der Waals surface area (Å²) in [5, 5.41) is 3.23. The minimum atomic E-state index is -0.260. The van der Waals surface area contributed by atoms with Crippen LogP contribution in [0.2, 0.25) is 0 Å². The Labute approximate surface area is 96.4 Å². The third-order valence-corrected chi connectivity index (χ3v) is 2.80. The molecule has 0 aliphatic rings. The first kappa shape index (κ1) is 12.8. The lowest BCUT2D eigenvalue weighted by molar-refractivity contribution is 0.326. The Balaban J connectivity index is 2.71. The molecule has 0 aromatic heterocycles. The second-order valence-electron chi connectivity index (χ2n) is 4.38. The van der Waals surface area contributed by atoms with Gasteiger partial charge in [-0.1, -0.05) is 0 Å². The van der Waals surface area contributed by atoms with E-state index in [-0.39, 0.29) is 5.82 Å². The Morgan fingerprint density at radius 2 is 2.06 bits per heavy atom. The maximum absolute atomic E-state index is 13.2. The van der Waals surface area contributed by atoms with E-state index >= 15 is 0 Å². The highest BCUT2D eigenvalue weighted by atomic mass is 19.1. The van der Waals surface area contributed by atoms with Gasteiger partial charge in [-0.3, -0.25) is 0 Å². The van der Waals surface area contributed by atoms with E-state index in [2.05, 4.69) is 17.1 Å². The van der Waals surface area contributed by atoms with Gasteiger partial charge in [0, 0.05) is 12.6 Å². The number of nitrogens with two attached hydrogens (primary N) is 1. The van der Waals surface area contributed by atoms with E-state index in [4.69, 9.17) is 5.73 Å². The van der Waals surface area contributed by atoms with Crippen LogP contribution in [-0.2, 0) is 0 Å². The summed E-state index contributed by atoms with van der Waals surface area (Å²) in [4.78, 5) is 2.11. The quantitative estimate of drug-likeness (QED) is 0.771.